The number of carbonyl (C=O) groups is 1. The summed E-state index contributed by atoms with van der Waals surface area (Å²) in [5.41, 5.74) is 0.707. The molecule has 1 amide bonds. The number of rotatable bonds is 5. The van der Waals surface area contributed by atoms with Gasteiger partial charge in [-0.15, -0.1) is 0 Å². The first-order valence-electron chi connectivity index (χ1n) is 11.1. The molecule has 3 heterocycles. The molecule has 1 N–H and O–H groups in total. The van der Waals surface area contributed by atoms with Crippen LogP contribution in [-0.4, -0.2) is 53.4 Å². The first-order valence-corrected chi connectivity index (χ1v) is 11.1. The molecule has 2 saturated heterocycles. The van der Waals surface area contributed by atoms with E-state index in [4.69, 9.17) is 0 Å². The SMILES string of the molecule is CN1C[C@H](C(=O)Nc2cccc(C(F)(F)F)c2)C[C@@H]1C1CCN(Cc2ccncc2)CC1. The third-order valence-electron chi connectivity index (χ3n) is 6.76. The summed E-state index contributed by atoms with van der Waals surface area (Å²) in [7, 11) is 2.05. The van der Waals surface area contributed by atoms with Gasteiger partial charge in [0, 0.05) is 37.2 Å². The molecule has 2 aliphatic heterocycles. The average Bonchev–Trinajstić information content (AvgIpc) is 3.16. The summed E-state index contributed by atoms with van der Waals surface area (Å²) >= 11 is 0. The highest BCUT2D eigenvalue weighted by Gasteiger charge is 2.39. The maximum absolute atomic E-state index is 12.9. The molecule has 1 aromatic heterocycles. The Morgan fingerprint density at radius 2 is 1.88 bits per heavy atom. The van der Waals surface area contributed by atoms with Crippen LogP contribution in [0.15, 0.2) is 48.8 Å². The van der Waals surface area contributed by atoms with Crippen LogP contribution in [0.5, 0.6) is 0 Å². The quantitative estimate of drug-likeness (QED) is 0.745. The van der Waals surface area contributed by atoms with Crippen molar-refractivity contribution in [2.24, 2.45) is 11.8 Å². The van der Waals surface area contributed by atoms with Crippen LogP contribution in [0, 0.1) is 11.8 Å². The second-order valence-corrected chi connectivity index (χ2v) is 8.98. The fraction of sp³-hybridized carbons (Fsp3) is 0.500. The van der Waals surface area contributed by atoms with Gasteiger partial charge >= 0.3 is 6.18 Å². The van der Waals surface area contributed by atoms with Gasteiger partial charge in [-0.2, -0.15) is 13.2 Å². The van der Waals surface area contributed by atoms with E-state index in [1.165, 1.54) is 17.7 Å². The van der Waals surface area contributed by atoms with Crippen LogP contribution < -0.4 is 5.32 Å². The molecule has 8 heteroatoms. The summed E-state index contributed by atoms with van der Waals surface area (Å²) in [4.78, 5) is 21.5. The lowest BCUT2D eigenvalue weighted by Crippen LogP contribution is -2.41. The lowest BCUT2D eigenvalue weighted by atomic mass is 9.86. The van der Waals surface area contributed by atoms with E-state index in [9.17, 15) is 18.0 Å². The zero-order valence-electron chi connectivity index (χ0n) is 18.2. The van der Waals surface area contributed by atoms with Gasteiger partial charge < -0.3 is 10.2 Å². The molecule has 0 saturated carbocycles. The number of piperidine rings is 1. The number of likely N-dealkylation sites (tertiary alicyclic amines) is 2. The minimum absolute atomic E-state index is 0.195. The van der Waals surface area contributed by atoms with Crippen molar-refractivity contribution in [2.45, 2.75) is 38.0 Å². The summed E-state index contributed by atoms with van der Waals surface area (Å²) < 4.78 is 38.8. The first-order chi connectivity index (χ1) is 15.3. The minimum Gasteiger partial charge on any atom is -0.326 e. The van der Waals surface area contributed by atoms with Gasteiger partial charge in [-0.25, -0.2) is 0 Å². The molecule has 172 valence electrons. The predicted molar refractivity (Wildman–Crippen MR) is 117 cm³/mol. The maximum Gasteiger partial charge on any atom is 0.416 e. The standard InChI is InChI=1S/C24H29F3N4O/c1-30-16-19(23(32)29-21-4-2-3-20(14-21)24(25,26)27)13-22(30)18-7-11-31(12-8-18)15-17-5-9-28-10-6-17/h2-6,9-10,14,18-19,22H,7-8,11-13,15-16H2,1H3,(H,29,32)/t19-,22-/m1/s1. The van der Waals surface area contributed by atoms with Crippen LogP contribution in [0.2, 0.25) is 0 Å². The molecule has 2 aromatic rings. The third kappa shape index (κ3) is 5.48. The highest BCUT2D eigenvalue weighted by Crippen LogP contribution is 2.34. The summed E-state index contributed by atoms with van der Waals surface area (Å²) in [5.74, 6) is 0.114. The Morgan fingerprint density at radius 1 is 1.16 bits per heavy atom. The van der Waals surface area contributed by atoms with Crippen molar-refractivity contribution < 1.29 is 18.0 Å². The molecular weight excluding hydrogens is 417 g/mol. The van der Waals surface area contributed by atoms with E-state index >= 15 is 0 Å². The number of carbonyl (C=O) groups excluding carboxylic acids is 1. The van der Waals surface area contributed by atoms with Crippen molar-refractivity contribution in [3.05, 3.63) is 59.9 Å². The van der Waals surface area contributed by atoms with Gasteiger partial charge in [0.25, 0.3) is 0 Å². The lowest BCUT2D eigenvalue weighted by Gasteiger charge is -2.37. The van der Waals surface area contributed by atoms with Gasteiger partial charge in [-0.1, -0.05) is 6.07 Å². The van der Waals surface area contributed by atoms with Gasteiger partial charge in [0.2, 0.25) is 5.91 Å². The fourth-order valence-electron chi connectivity index (χ4n) is 5.03. The van der Waals surface area contributed by atoms with E-state index in [0.717, 1.165) is 51.0 Å². The molecule has 0 unspecified atom stereocenters. The Hall–Kier alpha value is -2.45. The number of nitrogens with one attached hydrogen (secondary N) is 1. The third-order valence-corrected chi connectivity index (χ3v) is 6.76. The molecule has 0 bridgehead atoms. The van der Waals surface area contributed by atoms with Gasteiger partial charge in [0.05, 0.1) is 11.5 Å². The topological polar surface area (TPSA) is 48.5 Å². The smallest absolute Gasteiger partial charge is 0.326 e. The van der Waals surface area contributed by atoms with Gasteiger partial charge in [0.15, 0.2) is 0 Å². The summed E-state index contributed by atoms with van der Waals surface area (Å²) in [6.07, 6.45) is 2.13. The fourth-order valence-corrected chi connectivity index (χ4v) is 5.03. The second kappa shape index (κ2) is 9.58. The number of halogens is 3. The highest BCUT2D eigenvalue weighted by molar-refractivity contribution is 5.93. The van der Waals surface area contributed by atoms with Crippen LogP contribution in [-0.2, 0) is 17.5 Å². The molecular formula is C24H29F3N4O. The zero-order valence-corrected chi connectivity index (χ0v) is 18.2. The molecule has 5 nitrogen and oxygen atoms in total. The first kappa shape index (κ1) is 22.7. The molecule has 32 heavy (non-hydrogen) atoms. The minimum atomic E-state index is -4.42. The molecule has 1 aromatic carbocycles. The van der Waals surface area contributed by atoms with Gasteiger partial charge in [-0.3, -0.25) is 14.7 Å². The number of aromatic nitrogens is 1. The van der Waals surface area contributed by atoms with Crippen molar-refractivity contribution in [3.8, 4) is 0 Å². The number of pyridine rings is 1. The van der Waals surface area contributed by atoms with Crippen molar-refractivity contribution in [1.82, 2.24) is 14.8 Å². The van der Waals surface area contributed by atoms with E-state index in [0.29, 0.717) is 18.5 Å². The monoisotopic (exact) mass is 446 g/mol. The van der Waals surface area contributed by atoms with E-state index < -0.39 is 11.7 Å². The molecule has 2 aliphatic rings. The van der Waals surface area contributed by atoms with Crippen LogP contribution in [0.25, 0.3) is 0 Å². The van der Waals surface area contributed by atoms with Crippen molar-refractivity contribution in [2.75, 3.05) is 32.0 Å². The Kier molecular flexibility index (Phi) is 6.81. The van der Waals surface area contributed by atoms with E-state index in [1.54, 1.807) is 0 Å². The van der Waals surface area contributed by atoms with E-state index in [-0.39, 0.29) is 17.5 Å². The maximum atomic E-state index is 12.9. The molecule has 0 aliphatic carbocycles. The van der Waals surface area contributed by atoms with Crippen molar-refractivity contribution in [1.29, 1.82) is 0 Å². The van der Waals surface area contributed by atoms with Gasteiger partial charge in [-0.05, 0) is 81.2 Å². The van der Waals surface area contributed by atoms with Gasteiger partial charge in [0.1, 0.15) is 0 Å². The predicted octanol–water partition coefficient (Wildman–Crippen LogP) is 4.27. The van der Waals surface area contributed by atoms with E-state index in [1.807, 2.05) is 31.6 Å². The normalized spacial score (nSPS) is 23.4. The summed E-state index contributed by atoms with van der Waals surface area (Å²) in [6.45, 7) is 3.61. The average molecular weight is 447 g/mol. The van der Waals surface area contributed by atoms with Crippen molar-refractivity contribution in [3.63, 3.8) is 0 Å². The number of amides is 1. The van der Waals surface area contributed by atoms with Crippen LogP contribution >= 0.6 is 0 Å². The molecule has 2 atom stereocenters. The Morgan fingerprint density at radius 3 is 2.56 bits per heavy atom. The highest BCUT2D eigenvalue weighted by atomic mass is 19.4. The molecule has 0 radical (unpaired) electrons. The molecule has 2 fully saturated rings. The number of hydrogen-bond donors (Lipinski definition) is 1. The largest absolute Gasteiger partial charge is 0.416 e. The Balaban J connectivity index is 1.30. The lowest BCUT2D eigenvalue weighted by molar-refractivity contribution is -0.137. The summed E-state index contributed by atoms with van der Waals surface area (Å²) in [6, 6.07) is 9.25. The number of nitrogens with zero attached hydrogens (tertiary/aromatic N) is 3. The number of hydrogen-bond acceptors (Lipinski definition) is 4. The number of benzene rings is 1. The second-order valence-electron chi connectivity index (χ2n) is 8.98. The van der Waals surface area contributed by atoms with Crippen LogP contribution in [0.4, 0.5) is 18.9 Å². The zero-order chi connectivity index (χ0) is 22.7. The molecule has 4 rings (SSSR count). The van der Waals surface area contributed by atoms with Crippen LogP contribution in [0.1, 0.15) is 30.4 Å². The van der Waals surface area contributed by atoms with E-state index in [2.05, 4.69) is 20.1 Å². The Bertz CT molecular complexity index is 913. The number of anilines is 1. The Labute approximate surface area is 186 Å². The van der Waals surface area contributed by atoms with Crippen molar-refractivity contribution >= 4 is 11.6 Å². The molecule has 0 spiro atoms. The number of alkyl halides is 3. The summed E-state index contributed by atoms with van der Waals surface area (Å²) in [5, 5.41) is 2.70. The van der Waals surface area contributed by atoms with Crippen LogP contribution in [0.3, 0.4) is 0 Å².